The fourth-order valence-corrected chi connectivity index (χ4v) is 2.24. The summed E-state index contributed by atoms with van der Waals surface area (Å²) in [4.78, 5) is 28.1. The topological polar surface area (TPSA) is 103 Å². The standard InChI is InChI=1S/C16H17N3O5/c1-10-3-7-23-14(10)16(21)19-18-15(20)11-2-5-17-13(8-11)24-12-4-6-22-9-12/h2-3,5,7-8,12H,4,6,9H2,1H3,(H,18,20)(H,19,21). The Balaban J connectivity index is 1.58. The minimum atomic E-state index is -0.528. The third-order valence-corrected chi connectivity index (χ3v) is 3.53. The van der Waals surface area contributed by atoms with E-state index >= 15 is 0 Å². The summed E-state index contributed by atoms with van der Waals surface area (Å²) in [5, 5.41) is 0. The van der Waals surface area contributed by atoms with Crippen molar-refractivity contribution in [2.75, 3.05) is 13.2 Å². The largest absolute Gasteiger partial charge is 0.472 e. The summed E-state index contributed by atoms with van der Waals surface area (Å²) in [6.07, 6.45) is 3.61. The van der Waals surface area contributed by atoms with E-state index in [-0.39, 0.29) is 11.9 Å². The highest BCUT2D eigenvalue weighted by Gasteiger charge is 2.19. The highest BCUT2D eigenvalue weighted by Crippen LogP contribution is 2.15. The van der Waals surface area contributed by atoms with Crippen LogP contribution in [0.3, 0.4) is 0 Å². The van der Waals surface area contributed by atoms with Crippen LogP contribution in [-0.2, 0) is 4.74 Å². The molecule has 2 N–H and O–H groups in total. The molecular weight excluding hydrogens is 314 g/mol. The van der Waals surface area contributed by atoms with Crippen molar-refractivity contribution >= 4 is 11.8 Å². The fourth-order valence-electron chi connectivity index (χ4n) is 2.24. The molecule has 8 heteroatoms. The monoisotopic (exact) mass is 331 g/mol. The van der Waals surface area contributed by atoms with Crippen LogP contribution in [0.2, 0.25) is 0 Å². The van der Waals surface area contributed by atoms with Crippen molar-refractivity contribution in [2.24, 2.45) is 0 Å². The van der Waals surface area contributed by atoms with Gasteiger partial charge in [0, 0.05) is 29.8 Å². The number of furan rings is 1. The first-order chi connectivity index (χ1) is 11.6. The van der Waals surface area contributed by atoms with Gasteiger partial charge in [-0.1, -0.05) is 0 Å². The van der Waals surface area contributed by atoms with E-state index in [0.717, 1.165) is 6.42 Å². The number of aromatic nitrogens is 1. The number of rotatable bonds is 4. The predicted molar refractivity (Wildman–Crippen MR) is 82.5 cm³/mol. The van der Waals surface area contributed by atoms with E-state index in [4.69, 9.17) is 13.9 Å². The van der Waals surface area contributed by atoms with Gasteiger partial charge in [0.05, 0.1) is 19.5 Å². The zero-order valence-electron chi connectivity index (χ0n) is 13.1. The van der Waals surface area contributed by atoms with Gasteiger partial charge in [-0.25, -0.2) is 4.98 Å². The second-order valence-electron chi connectivity index (χ2n) is 5.33. The van der Waals surface area contributed by atoms with Gasteiger partial charge in [0.2, 0.25) is 5.88 Å². The summed E-state index contributed by atoms with van der Waals surface area (Å²) in [5.74, 6) is -0.524. The molecule has 1 aliphatic rings. The van der Waals surface area contributed by atoms with E-state index in [1.54, 1.807) is 13.0 Å². The van der Waals surface area contributed by atoms with E-state index in [9.17, 15) is 9.59 Å². The maximum Gasteiger partial charge on any atom is 0.305 e. The number of amides is 2. The molecule has 1 atom stereocenters. The van der Waals surface area contributed by atoms with Crippen molar-refractivity contribution in [2.45, 2.75) is 19.4 Å². The van der Waals surface area contributed by atoms with Crippen LogP contribution in [0.5, 0.6) is 5.88 Å². The summed E-state index contributed by atoms with van der Waals surface area (Å²) in [5.41, 5.74) is 5.63. The molecular formula is C16H17N3O5. The Labute approximate surface area is 138 Å². The molecule has 2 amide bonds. The van der Waals surface area contributed by atoms with Gasteiger partial charge in [0.15, 0.2) is 5.76 Å². The van der Waals surface area contributed by atoms with Crippen molar-refractivity contribution in [3.63, 3.8) is 0 Å². The Morgan fingerprint density at radius 1 is 1.29 bits per heavy atom. The minimum Gasteiger partial charge on any atom is -0.472 e. The van der Waals surface area contributed by atoms with E-state index in [2.05, 4.69) is 15.8 Å². The quantitative estimate of drug-likeness (QED) is 0.817. The average molecular weight is 331 g/mol. The summed E-state index contributed by atoms with van der Waals surface area (Å²) < 4.78 is 15.9. The molecule has 0 radical (unpaired) electrons. The van der Waals surface area contributed by atoms with Crippen LogP contribution in [-0.4, -0.2) is 36.1 Å². The van der Waals surface area contributed by atoms with Crippen LogP contribution < -0.4 is 15.6 Å². The average Bonchev–Trinajstić information content (AvgIpc) is 3.24. The van der Waals surface area contributed by atoms with Crippen molar-refractivity contribution in [3.05, 3.63) is 47.5 Å². The molecule has 0 aromatic carbocycles. The number of hydrazine groups is 1. The summed E-state index contributed by atoms with van der Waals surface area (Å²) >= 11 is 0. The van der Waals surface area contributed by atoms with E-state index in [1.165, 1.54) is 24.6 Å². The molecule has 0 bridgehead atoms. The van der Waals surface area contributed by atoms with Gasteiger partial charge >= 0.3 is 5.91 Å². The van der Waals surface area contributed by atoms with Gasteiger partial charge in [0.25, 0.3) is 5.91 Å². The van der Waals surface area contributed by atoms with E-state index in [1.807, 2.05) is 0 Å². The fraction of sp³-hybridized carbons (Fsp3) is 0.312. The number of pyridine rings is 1. The lowest BCUT2D eigenvalue weighted by Crippen LogP contribution is -2.41. The van der Waals surface area contributed by atoms with E-state index in [0.29, 0.717) is 30.2 Å². The third-order valence-electron chi connectivity index (χ3n) is 3.53. The molecule has 2 aromatic rings. The van der Waals surface area contributed by atoms with Gasteiger partial charge in [-0.15, -0.1) is 0 Å². The van der Waals surface area contributed by atoms with Gasteiger partial charge < -0.3 is 13.9 Å². The molecule has 1 fully saturated rings. The Hall–Kier alpha value is -2.87. The maximum absolute atomic E-state index is 12.1. The molecule has 24 heavy (non-hydrogen) atoms. The van der Waals surface area contributed by atoms with Crippen LogP contribution in [0.4, 0.5) is 0 Å². The molecule has 1 unspecified atom stereocenters. The first-order valence-corrected chi connectivity index (χ1v) is 7.48. The summed E-state index contributed by atoms with van der Waals surface area (Å²) in [6, 6.07) is 4.70. The maximum atomic E-state index is 12.1. The van der Waals surface area contributed by atoms with Crippen molar-refractivity contribution in [1.82, 2.24) is 15.8 Å². The molecule has 1 saturated heterocycles. The smallest absolute Gasteiger partial charge is 0.305 e. The molecule has 126 valence electrons. The molecule has 2 aromatic heterocycles. The highest BCUT2D eigenvalue weighted by atomic mass is 16.5. The van der Waals surface area contributed by atoms with Crippen LogP contribution in [0.15, 0.2) is 35.1 Å². The molecule has 0 saturated carbocycles. The Morgan fingerprint density at radius 2 is 2.12 bits per heavy atom. The summed E-state index contributed by atoms with van der Waals surface area (Å²) in [7, 11) is 0. The Bertz CT molecular complexity index is 737. The third kappa shape index (κ3) is 3.72. The normalized spacial score (nSPS) is 16.6. The predicted octanol–water partition coefficient (Wildman–Crippen LogP) is 1.23. The van der Waals surface area contributed by atoms with E-state index < -0.39 is 11.8 Å². The molecule has 0 spiro atoms. The number of nitrogens with one attached hydrogen (secondary N) is 2. The number of aryl methyl sites for hydroxylation is 1. The minimum absolute atomic E-state index is 0.0579. The zero-order valence-corrected chi connectivity index (χ0v) is 13.1. The van der Waals surface area contributed by atoms with Gasteiger partial charge in [-0.2, -0.15) is 0 Å². The number of nitrogens with zero attached hydrogens (tertiary/aromatic N) is 1. The summed E-state index contributed by atoms with van der Waals surface area (Å²) in [6.45, 7) is 2.90. The second kappa shape index (κ2) is 7.14. The number of hydrogen-bond donors (Lipinski definition) is 2. The molecule has 3 rings (SSSR count). The van der Waals surface area contributed by atoms with Crippen molar-refractivity contribution in [3.8, 4) is 5.88 Å². The molecule has 1 aliphatic heterocycles. The van der Waals surface area contributed by atoms with Crippen LogP contribution in [0.25, 0.3) is 0 Å². The van der Waals surface area contributed by atoms with Crippen LogP contribution in [0.1, 0.15) is 32.9 Å². The number of carbonyl (C=O) groups excluding carboxylic acids is 2. The number of carbonyl (C=O) groups is 2. The van der Waals surface area contributed by atoms with Crippen molar-refractivity contribution in [1.29, 1.82) is 0 Å². The molecule has 3 heterocycles. The lowest BCUT2D eigenvalue weighted by atomic mass is 10.2. The first-order valence-electron chi connectivity index (χ1n) is 7.48. The zero-order chi connectivity index (χ0) is 16.9. The highest BCUT2D eigenvalue weighted by molar-refractivity contribution is 5.98. The van der Waals surface area contributed by atoms with Gasteiger partial charge in [-0.3, -0.25) is 20.4 Å². The lowest BCUT2D eigenvalue weighted by molar-refractivity contribution is 0.0829. The number of hydrogen-bond acceptors (Lipinski definition) is 6. The Kier molecular flexibility index (Phi) is 4.76. The lowest BCUT2D eigenvalue weighted by Gasteiger charge is -2.11. The number of ether oxygens (including phenoxy) is 2. The van der Waals surface area contributed by atoms with Crippen molar-refractivity contribution < 1.29 is 23.5 Å². The molecule has 0 aliphatic carbocycles. The SMILES string of the molecule is Cc1ccoc1C(=O)NNC(=O)c1ccnc(OC2CCOC2)c1. The first kappa shape index (κ1) is 16.0. The molecule has 8 nitrogen and oxygen atoms in total. The van der Waals surface area contributed by atoms with Gasteiger partial charge in [-0.05, 0) is 19.1 Å². The second-order valence-corrected chi connectivity index (χ2v) is 5.33. The van der Waals surface area contributed by atoms with Crippen LogP contribution >= 0.6 is 0 Å². The Morgan fingerprint density at radius 3 is 2.83 bits per heavy atom. The van der Waals surface area contributed by atoms with Crippen LogP contribution in [0, 0.1) is 6.92 Å². The van der Waals surface area contributed by atoms with Gasteiger partial charge in [0.1, 0.15) is 6.10 Å².